The van der Waals surface area contributed by atoms with E-state index in [0.29, 0.717) is 6.61 Å². The van der Waals surface area contributed by atoms with Gasteiger partial charge in [0.05, 0.1) is 11.8 Å². The number of hydrogen-bond acceptors (Lipinski definition) is 2. The molecule has 0 atom stereocenters. The maximum Gasteiger partial charge on any atom is 0.334 e. The average Bonchev–Trinajstić information content (AvgIpc) is 2.19. The van der Waals surface area contributed by atoms with E-state index in [0.717, 1.165) is 5.56 Å². The first-order valence-electron chi connectivity index (χ1n) is 4.26. The van der Waals surface area contributed by atoms with Crippen LogP contribution in [0.1, 0.15) is 12.5 Å². The molecular weight excluding hydrogens is 180 g/mol. The van der Waals surface area contributed by atoms with Crippen LogP contribution < -0.4 is 0 Å². The van der Waals surface area contributed by atoms with Crippen LogP contribution in [0, 0.1) is 0 Å². The monoisotopic (exact) mass is 192 g/mol. The zero-order valence-corrected chi connectivity index (χ0v) is 7.93. The SMILES string of the molecule is C/C(=C\OCc1ccccc1)C(=O)O. The minimum absolute atomic E-state index is 0.195. The predicted octanol–water partition coefficient (Wildman–Crippen LogP) is 2.19. The molecule has 0 saturated heterocycles. The average molecular weight is 192 g/mol. The summed E-state index contributed by atoms with van der Waals surface area (Å²) in [5.74, 6) is -0.960. The fourth-order valence-electron chi connectivity index (χ4n) is 0.888. The molecule has 74 valence electrons. The van der Waals surface area contributed by atoms with Gasteiger partial charge in [0.2, 0.25) is 0 Å². The Morgan fingerprint density at radius 1 is 1.43 bits per heavy atom. The predicted molar refractivity (Wildman–Crippen MR) is 52.6 cm³/mol. The normalized spacial score (nSPS) is 11.1. The van der Waals surface area contributed by atoms with Crippen LogP contribution in [-0.2, 0) is 16.1 Å². The highest BCUT2D eigenvalue weighted by molar-refractivity contribution is 5.85. The van der Waals surface area contributed by atoms with Crippen molar-refractivity contribution >= 4 is 5.97 Å². The second-order valence-electron chi connectivity index (χ2n) is 2.90. The van der Waals surface area contributed by atoms with Crippen LogP contribution >= 0.6 is 0 Å². The van der Waals surface area contributed by atoms with Gasteiger partial charge >= 0.3 is 5.97 Å². The third-order valence-corrected chi connectivity index (χ3v) is 1.69. The summed E-state index contributed by atoms with van der Waals surface area (Å²) >= 11 is 0. The maximum atomic E-state index is 10.4. The highest BCUT2D eigenvalue weighted by Gasteiger charge is 1.98. The third-order valence-electron chi connectivity index (χ3n) is 1.69. The Balaban J connectivity index is 2.43. The van der Waals surface area contributed by atoms with Crippen molar-refractivity contribution in [2.45, 2.75) is 13.5 Å². The summed E-state index contributed by atoms with van der Waals surface area (Å²) in [5.41, 5.74) is 1.21. The first-order valence-corrected chi connectivity index (χ1v) is 4.26. The van der Waals surface area contributed by atoms with Crippen LogP contribution in [0.4, 0.5) is 0 Å². The molecule has 0 radical (unpaired) electrons. The Labute approximate surface area is 82.6 Å². The van der Waals surface area contributed by atoms with Gasteiger partial charge in [-0.3, -0.25) is 0 Å². The number of carbonyl (C=O) groups is 1. The van der Waals surface area contributed by atoms with E-state index in [1.165, 1.54) is 13.2 Å². The van der Waals surface area contributed by atoms with Gasteiger partial charge in [-0.05, 0) is 12.5 Å². The molecule has 14 heavy (non-hydrogen) atoms. The number of rotatable bonds is 4. The van der Waals surface area contributed by atoms with E-state index >= 15 is 0 Å². The lowest BCUT2D eigenvalue weighted by Crippen LogP contribution is -1.97. The zero-order chi connectivity index (χ0) is 10.4. The molecule has 3 nitrogen and oxygen atoms in total. The van der Waals surface area contributed by atoms with Crippen molar-refractivity contribution < 1.29 is 14.6 Å². The highest BCUT2D eigenvalue weighted by Crippen LogP contribution is 2.02. The first kappa shape index (κ1) is 10.3. The molecule has 0 amide bonds. The molecule has 1 aromatic rings. The number of hydrogen-bond donors (Lipinski definition) is 1. The first-order chi connectivity index (χ1) is 6.70. The molecule has 0 aromatic heterocycles. The van der Waals surface area contributed by atoms with Gasteiger partial charge in [0, 0.05) is 0 Å². The molecule has 1 aromatic carbocycles. The van der Waals surface area contributed by atoms with Gasteiger partial charge in [0.1, 0.15) is 6.61 Å². The van der Waals surface area contributed by atoms with E-state index in [2.05, 4.69) is 0 Å². The van der Waals surface area contributed by atoms with Gasteiger partial charge in [-0.25, -0.2) is 4.79 Å². The fraction of sp³-hybridized carbons (Fsp3) is 0.182. The summed E-state index contributed by atoms with van der Waals surface area (Å²) in [7, 11) is 0. The smallest absolute Gasteiger partial charge is 0.334 e. The number of carboxylic acids is 1. The number of ether oxygens (including phenoxy) is 1. The van der Waals surface area contributed by atoms with Crippen LogP contribution in [0.3, 0.4) is 0 Å². The second kappa shape index (κ2) is 5.07. The highest BCUT2D eigenvalue weighted by atomic mass is 16.5. The van der Waals surface area contributed by atoms with Crippen LogP contribution in [-0.4, -0.2) is 11.1 Å². The number of carboxylic acid groups (broad SMARTS) is 1. The lowest BCUT2D eigenvalue weighted by molar-refractivity contribution is -0.132. The summed E-state index contributed by atoms with van der Waals surface area (Å²) in [5, 5.41) is 8.53. The summed E-state index contributed by atoms with van der Waals surface area (Å²) in [4.78, 5) is 10.4. The van der Waals surface area contributed by atoms with Gasteiger partial charge in [0.25, 0.3) is 0 Å². The molecule has 0 unspecified atom stereocenters. The lowest BCUT2D eigenvalue weighted by atomic mass is 10.2. The van der Waals surface area contributed by atoms with Gasteiger partial charge in [0.15, 0.2) is 0 Å². The molecule has 0 aliphatic heterocycles. The van der Waals surface area contributed by atoms with Crippen LogP contribution in [0.2, 0.25) is 0 Å². The van der Waals surface area contributed by atoms with E-state index < -0.39 is 5.97 Å². The molecule has 0 heterocycles. The Morgan fingerprint density at radius 3 is 2.64 bits per heavy atom. The Kier molecular flexibility index (Phi) is 3.73. The van der Waals surface area contributed by atoms with E-state index in [1.54, 1.807) is 0 Å². The standard InChI is InChI=1S/C11H12O3/c1-9(11(12)13)7-14-8-10-5-3-2-4-6-10/h2-7H,8H2,1H3,(H,12,13)/b9-7+. The van der Waals surface area contributed by atoms with Crippen molar-refractivity contribution in [2.75, 3.05) is 0 Å². The molecule has 1 N–H and O–H groups in total. The van der Waals surface area contributed by atoms with Crippen LogP contribution in [0.25, 0.3) is 0 Å². The molecule has 0 aliphatic rings. The molecule has 3 heteroatoms. The van der Waals surface area contributed by atoms with Crippen LogP contribution in [0.15, 0.2) is 42.2 Å². The van der Waals surface area contributed by atoms with Crippen molar-refractivity contribution in [3.8, 4) is 0 Å². The molecule has 0 saturated carbocycles. The fourth-order valence-corrected chi connectivity index (χ4v) is 0.888. The topological polar surface area (TPSA) is 46.5 Å². The maximum absolute atomic E-state index is 10.4. The van der Waals surface area contributed by atoms with Crippen molar-refractivity contribution in [3.63, 3.8) is 0 Å². The van der Waals surface area contributed by atoms with Crippen molar-refractivity contribution in [3.05, 3.63) is 47.7 Å². The summed E-state index contributed by atoms with van der Waals surface area (Å²) in [6.45, 7) is 1.89. The summed E-state index contributed by atoms with van der Waals surface area (Å²) < 4.78 is 5.10. The third kappa shape index (κ3) is 3.31. The van der Waals surface area contributed by atoms with Crippen LogP contribution in [0.5, 0.6) is 0 Å². The quantitative estimate of drug-likeness (QED) is 0.587. The Bertz CT molecular complexity index is 328. The van der Waals surface area contributed by atoms with Gasteiger partial charge in [-0.15, -0.1) is 0 Å². The van der Waals surface area contributed by atoms with E-state index in [-0.39, 0.29) is 5.57 Å². The van der Waals surface area contributed by atoms with Gasteiger partial charge in [-0.1, -0.05) is 30.3 Å². The van der Waals surface area contributed by atoms with Gasteiger partial charge in [-0.2, -0.15) is 0 Å². The summed E-state index contributed by atoms with van der Waals surface area (Å²) in [6.07, 6.45) is 1.26. The number of aliphatic carboxylic acids is 1. The van der Waals surface area contributed by atoms with E-state index in [1.807, 2.05) is 30.3 Å². The molecule has 1 rings (SSSR count). The minimum Gasteiger partial charge on any atom is -0.496 e. The Morgan fingerprint density at radius 2 is 2.07 bits per heavy atom. The largest absolute Gasteiger partial charge is 0.496 e. The molecule has 0 aliphatic carbocycles. The van der Waals surface area contributed by atoms with Crippen molar-refractivity contribution in [2.24, 2.45) is 0 Å². The zero-order valence-electron chi connectivity index (χ0n) is 7.93. The molecule has 0 bridgehead atoms. The van der Waals surface area contributed by atoms with Crippen molar-refractivity contribution in [1.29, 1.82) is 0 Å². The molecule has 0 spiro atoms. The lowest BCUT2D eigenvalue weighted by Gasteiger charge is -2.01. The molecular formula is C11H12O3. The number of benzene rings is 1. The van der Waals surface area contributed by atoms with Gasteiger partial charge < -0.3 is 9.84 Å². The van der Waals surface area contributed by atoms with E-state index in [9.17, 15) is 4.79 Å². The summed E-state index contributed by atoms with van der Waals surface area (Å²) in [6, 6.07) is 9.58. The van der Waals surface area contributed by atoms with E-state index in [4.69, 9.17) is 9.84 Å². The van der Waals surface area contributed by atoms with Crippen molar-refractivity contribution in [1.82, 2.24) is 0 Å². The molecule has 0 fully saturated rings. The Hall–Kier alpha value is -1.77. The second-order valence-corrected chi connectivity index (χ2v) is 2.90. The minimum atomic E-state index is -0.960.